The zero-order valence-corrected chi connectivity index (χ0v) is 11.5. The Morgan fingerprint density at radius 2 is 2.41 bits per heavy atom. The summed E-state index contributed by atoms with van der Waals surface area (Å²) < 4.78 is 6.79. The molecule has 4 unspecified atom stereocenters. The molecule has 92 valence electrons. The summed E-state index contributed by atoms with van der Waals surface area (Å²) in [6.45, 7) is 0.854. The molecule has 5 nitrogen and oxygen atoms in total. The van der Waals surface area contributed by atoms with Crippen LogP contribution in [0.4, 0.5) is 5.82 Å². The second-order valence-corrected chi connectivity index (χ2v) is 5.77. The molecule has 2 fully saturated rings. The number of anilines is 1. The van der Waals surface area contributed by atoms with Gasteiger partial charge >= 0.3 is 0 Å². The van der Waals surface area contributed by atoms with Crippen molar-refractivity contribution in [1.29, 1.82) is 0 Å². The van der Waals surface area contributed by atoms with Gasteiger partial charge < -0.3 is 15.8 Å². The topological polar surface area (TPSA) is 73.1 Å². The molecule has 1 aromatic heterocycles. The number of fused-ring (bicyclic) bond motifs is 1. The summed E-state index contributed by atoms with van der Waals surface area (Å²) >= 11 is 2.22. The lowest BCUT2D eigenvalue weighted by Gasteiger charge is -2.52. The zero-order valence-electron chi connectivity index (χ0n) is 9.34. The van der Waals surface area contributed by atoms with E-state index in [0.29, 0.717) is 5.92 Å². The van der Waals surface area contributed by atoms with Crippen LogP contribution in [0.3, 0.4) is 0 Å². The molecule has 3 rings (SSSR count). The Balaban J connectivity index is 1.72. The highest BCUT2D eigenvalue weighted by atomic mass is 127. The molecule has 0 radical (unpaired) electrons. The van der Waals surface area contributed by atoms with Crippen LogP contribution in [0.15, 0.2) is 12.5 Å². The van der Waals surface area contributed by atoms with E-state index in [1.54, 1.807) is 12.5 Å². The van der Waals surface area contributed by atoms with E-state index in [0.717, 1.165) is 22.4 Å². The summed E-state index contributed by atoms with van der Waals surface area (Å²) in [4.78, 5) is 8.21. The van der Waals surface area contributed by atoms with Crippen LogP contribution in [-0.2, 0) is 4.74 Å². The number of hydrogen-bond acceptors (Lipinski definition) is 5. The normalized spacial score (nSPS) is 35.9. The maximum absolute atomic E-state index is 6.19. The molecule has 1 saturated carbocycles. The maximum Gasteiger partial charge on any atom is 0.143 e. The molecule has 6 heteroatoms. The number of nitrogens with two attached hydrogens (primary N) is 1. The van der Waals surface area contributed by atoms with E-state index in [9.17, 15) is 0 Å². The van der Waals surface area contributed by atoms with Crippen molar-refractivity contribution in [2.24, 2.45) is 11.7 Å². The van der Waals surface area contributed by atoms with E-state index in [1.807, 2.05) is 0 Å². The minimum atomic E-state index is 0.172. The lowest BCUT2D eigenvalue weighted by atomic mass is 9.68. The summed E-state index contributed by atoms with van der Waals surface area (Å²) in [5.74, 6) is 1.37. The number of aromatic nitrogens is 2. The molecule has 2 aliphatic rings. The monoisotopic (exact) mass is 346 g/mol. The van der Waals surface area contributed by atoms with Gasteiger partial charge in [0.15, 0.2) is 0 Å². The van der Waals surface area contributed by atoms with Gasteiger partial charge in [-0.2, -0.15) is 0 Å². The van der Waals surface area contributed by atoms with Crippen LogP contribution in [0.25, 0.3) is 0 Å². The van der Waals surface area contributed by atoms with Crippen molar-refractivity contribution in [3.05, 3.63) is 16.1 Å². The largest absolute Gasteiger partial charge is 0.376 e. The molecular formula is C11H15IN4O. The third-order valence-corrected chi connectivity index (χ3v) is 4.44. The standard InChI is InChI=1S/C11H15IN4O/c12-7-4-14-5-15-11(7)16-9-8(13)6-2-1-3-17-10(6)9/h4-6,8-10H,1-3,13H2,(H,14,15,16). The van der Waals surface area contributed by atoms with E-state index < -0.39 is 0 Å². The first-order chi connectivity index (χ1) is 8.27. The average Bonchev–Trinajstić information content (AvgIpc) is 2.37. The van der Waals surface area contributed by atoms with E-state index >= 15 is 0 Å². The van der Waals surface area contributed by atoms with Crippen LogP contribution in [0.5, 0.6) is 0 Å². The van der Waals surface area contributed by atoms with Gasteiger partial charge in [0, 0.05) is 24.8 Å². The molecule has 1 aliphatic carbocycles. The second-order valence-electron chi connectivity index (χ2n) is 4.61. The molecule has 4 atom stereocenters. The van der Waals surface area contributed by atoms with Gasteiger partial charge in [-0.1, -0.05) is 0 Å². The van der Waals surface area contributed by atoms with Crippen molar-refractivity contribution in [3.8, 4) is 0 Å². The predicted octanol–water partition coefficient (Wildman–Crippen LogP) is 0.998. The Bertz CT molecular complexity index is 416. The van der Waals surface area contributed by atoms with Gasteiger partial charge in [0.05, 0.1) is 15.7 Å². The van der Waals surface area contributed by atoms with Gasteiger partial charge in [-0.25, -0.2) is 9.97 Å². The lowest BCUT2D eigenvalue weighted by Crippen LogP contribution is -2.69. The molecule has 1 saturated heterocycles. The fraction of sp³-hybridized carbons (Fsp3) is 0.636. The predicted molar refractivity (Wildman–Crippen MR) is 72.6 cm³/mol. The maximum atomic E-state index is 6.19. The van der Waals surface area contributed by atoms with E-state index in [1.165, 1.54) is 6.42 Å². The highest BCUT2D eigenvalue weighted by Crippen LogP contribution is 2.38. The molecule has 0 spiro atoms. The van der Waals surface area contributed by atoms with Crippen molar-refractivity contribution in [1.82, 2.24) is 9.97 Å². The highest BCUT2D eigenvalue weighted by Gasteiger charge is 2.50. The van der Waals surface area contributed by atoms with Crippen molar-refractivity contribution in [2.45, 2.75) is 31.0 Å². The van der Waals surface area contributed by atoms with Crippen molar-refractivity contribution in [2.75, 3.05) is 11.9 Å². The van der Waals surface area contributed by atoms with E-state index in [4.69, 9.17) is 10.5 Å². The fourth-order valence-corrected chi connectivity index (χ4v) is 3.16. The summed E-state index contributed by atoms with van der Waals surface area (Å²) in [6.07, 6.45) is 5.91. The third kappa shape index (κ3) is 2.02. The first-order valence-corrected chi connectivity index (χ1v) is 6.94. The number of halogens is 1. The second kappa shape index (κ2) is 4.66. The van der Waals surface area contributed by atoms with Crippen molar-refractivity contribution in [3.63, 3.8) is 0 Å². The Hall–Kier alpha value is -0.470. The fourth-order valence-electron chi connectivity index (χ4n) is 2.70. The Morgan fingerprint density at radius 1 is 1.53 bits per heavy atom. The van der Waals surface area contributed by atoms with Gasteiger partial charge in [0.2, 0.25) is 0 Å². The number of rotatable bonds is 2. The Kier molecular flexibility index (Phi) is 3.18. The van der Waals surface area contributed by atoms with Gasteiger partial charge in [0.25, 0.3) is 0 Å². The van der Waals surface area contributed by atoms with Crippen molar-refractivity contribution >= 4 is 28.4 Å². The molecule has 17 heavy (non-hydrogen) atoms. The van der Waals surface area contributed by atoms with E-state index in [-0.39, 0.29) is 18.2 Å². The van der Waals surface area contributed by atoms with Crippen LogP contribution in [0.2, 0.25) is 0 Å². The van der Waals surface area contributed by atoms with Gasteiger partial charge in [-0.05, 0) is 35.4 Å². The molecule has 2 heterocycles. The minimum Gasteiger partial charge on any atom is -0.376 e. The average molecular weight is 346 g/mol. The minimum absolute atomic E-state index is 0.172. The quantitative estimate of drug-likeness (QED) is 0.782. The highest BCUT2D eigenvalue weighted by molar-refractivity contribution is 14.1. The van der Waals surface area contributed by atoms with Crippen LogP contribution >= 0.6 is 22.6 Å². The Labute approximate surface area is 114 Å². The van der Waals surface area contributed by atoms with Crippen LogP contribution in [-0.4, -0.2) is 34.8 Å². The summed E-state index contributed by atoms with van der Waals surface area (Å²) in [5.41, 5.74) is 6.19. The third-order valence-electron chi connectivity index (χ3n) is 3.65. The SMILES string of the molecule is NC1C2CCCOC2C1Nc1ncncc1I. The lowest BCUT2D eigenvalue weighted by molar-refractivity contribution is -0.104. The van der Waals surface area contributed by atoms with Crippen molar-refractivity contribution < 1.29 is 4.74 Å². The first kappa shape index (κ1) is 11.6. The van der Waals surface area contributed by atoms with Gasteiger partial charge in [-0.3, -0.25) is 0 Å². The van der Waals surface area contributed by atoms with Gasteiger partial charge in [0.1, 0.15) is 12.1 Å². The molecule has 0 aromatic carbocycles. The molecule has 3 N–H and O–H groups in total. The number of nitrogens with zero attached hydrogens (tertiary/aromatic N) is 2. The molecule has 0 bridgehead atoms. The molecule has 0 amide bonds. The molecular weight excluding hydrogens is 331 g/mol. The summed E-state index contributed by atoms with van der Waals surface area (Å²) in [5, 5.41) is 3.39. The summed E-state index contributed by atoms with van der Waals surface area (Å²) in [6, 6.07) is 0.356. The number of nitrogens with one attached hydrogen (secondary N) is 1. The summed E-state index contributed by atoms with van der Waals surface area (Å²) in [7, 11) is 0. The molecule has 1 aliphatic heterocycles. The van der Waals surface area contributed by atoms with Crippen LogP contribution in [0, 0.1) is 9.49 Å². The van der Waals surface area contributed by atoms with Crippen LogP contribution < -0.4 is 11.1 Å². The number of ether oxygens (including phenoxy) is 1. The van der Waals surface area contributed by atoms with E-state index in [2.05, 4.69) is 37.9 Å². The van der Waals surface area contributed by atoms with Gasteiger partial charge in [-0.15, -0.1) is 0 Å². The first-order valence-electron chi connectivity index (χ1n) is 5.86. The molecule has 1 aromatic rings. The van der Waals surface area contributed by atoms with Crippen LogP contribution in [0.1, 0.15) is 12.8 Å². The smallest absolute Gasteiger partial charge is 0.143 e. The zero-order chi connectivity index (χ0) is 11.8. The Morgan fingerprint density at radius 3 is 3.24 bits per heavy atom. The number of hydrogen-bond donors (Lipinski definition) is 2.